The topological polar surface area (TPSA) is 37.3 Å². The van der Waals surface area contributed by atoms with E-state index in [4.69, 9.17) is 0 Å². The van der Waals surface area contributed by atoms with Gasteiger partial charge in [0.05, 0.1) is 6.10 Å². The Morgan fingerprint density at radius 1 is 1.23 bits per heavy atom. The lowest BCUT2D eigenvalue weighted by molar-refractivity contribution is -0.0687. The number of hydrogen-bond donors (Lipinski definition) is 1. The van der Waals surface area contributed by atoms with Crippen molar-refractivity contribution in [1.82, 2.24) is 0 Å². The van der Waals surface area contributed by atoms with Crippen LogP contribution >= 0.6 is 0 Å². The Morgan fingerprint density at radius 2 is 1.91 bits per heavy atom. The highest BCUT2D eigenvalue weighted by Crippen LogP contribution is 2.57. The summed E-state index contributed by atoms with van der Waals surface area (Å²) in [5, 5.41) is 10.4. The second-order valence-electron chi connectivity index (χ2n) is 8.43. The number of ketones is 1. The van der Waals surface area contributed by atoms with E-state index >= 15 is 0 Å². The van der Waals surface area contributed by atoms with Gasteiger partial charge in [0.25, 0.3) is 0 Å². The third kappa shape index (κ3) is 2.07. The van der Waals surface area contributed by atoms with Gasteiger partial charge in [-0.1, -0.05) is 46.8 Å². The molecule has 1 fully saturated rings. The van der Waals surface area contributed by atoms with Gasteiger partial charge in [0.2, 0.25) is 0 Å². The molecule has 2 aliphatic carbocycles. The highest BCUT2D eigenvalue weighted by Gasteiger charge is 2.55. The highest BCUT2D eigenvalue weighted by atomic mass is 16.3. The normalized spacial score (nSPS) is 33.5. The minimum absolute atomic E-state index is 0.00147. The second-order valence-corrected chi connectivity index (χ2v) is 8.43. The zero-order chi connectivity index (χ0) is 16.3. The second kappa shape index (κ2) is 4.92. The Labute approximate surface area is 133 Å². The Morgan fingerprint density at radius 3 is 2.55 bits per heavy atom. The zero-order valence-electron chi connectivity index (χ0n) is 14.4. The molecular weight excluding hydrogens is 272 g/mol. The summed E-state index contributed by atoms with van der Waals surface area (Å²) in [6.07, 6.45) is 2.04. The van der Waals surface area contributed by atoms with Crippen molar-refractivity contribution in [2.24, 2.45) is 11.3 Å². The van der Waals surface area contributed by atoms with Crippen LogP contribution in [0, 0.1) is 11.3 Å². The van der Waals surface area contributed by atoms with E-state index in [1.54, 1.807) is 0 Å². The molecule has 3 rings (SSSR count). The molecule has 0 heterocycles. The lowest BCUT2D eigenvalue weighted by Crippen LogP contribution is -2.54. The monoisotopic (exact) mass is 300 g/mol. The standard InChI is InChI=1S/C20H28O2/c1-12(2)13-6-7-15-14(10-13)16(21)11-17-19(3,4)18(22)8-9-20(15,17)5/h6-7,10,12,17-18,22H,8-9,11H2,1-5H3/t17?,18-,20+/m0/s1. The van der Waals surface area contributed by atoms with Crippen molar-refractivity contribution in [3.05, 3.63) is 34.9 Å². The Balaban J connectivity index is 2.14. The molecule has 0 spiro atoms. The van der Waals surface area contributed by atoms with E-state index in [1.807, 2.05) is 0 Å². The molecule has 120 valence electrons. The maximum Gasteiger partial charge on any atom is 0.163 e. The maximum absolute atomic E-state index is 12.8. The fourth-order valence-electron chi connectivity index (χ4n) is 4.79. The molecule has 2 aliphatic rings. The van der Waals surface area contributed by atoms with Crippen molar-refractivity contribution < 1.29 is 9.90 Å². The summed E-state index contributed by atoms with van der Waals surface area (Å²) in [6.45, 7) is 10.9. The van der Waals surface area contributed by atoms with Crippen LogP contribution in [0.1, 0.15) is 81.3 Å². The molecule has 0 aliphatic heterocycles. The van der Waals surface area contributed by atoms with E-state index in [9.17, 15) is 9.90 Å². The number of Topliss-reactive ketones (excluding diaryl/α,β-unsaturated/α-hetero) is 1. The summed E-state index contributed by atoms with van der Waals surface area (Å²) in [6, 6.07) is 6.48. The fourth-order valence-corrected chi connectivity index (χ4v) is 4.79. The summed E-state index contributed by atoms with van der Waals surface area (Å²) >= 11 is 0. The summed E-state index contributed by atoms with van der Waals surface area (Å²) in [7, 11) is 0. The van der Waals surface area contributed by atoms with Crippen molar-refractivity contribution in [3.63, 3.8) is 0 Å². The van der Waals surface area contributed by atoms with Gasteiger partial charge in [-0.2, -0.15) is 0 Å². The van der Waals surface area contributed by atoms with E-state index in [0.717, 1.165) is 18.4 Å². The Bertz CT molecular complexity index is 614. The molecule has 0 bridgehead atoms. The van der Waals surface area contributed by atoms with Crippen molar-refractivity contribution in [3.8, 4) is 0 Å². The molecule has 0 radical (unpaired) electrons. The van der Waals surface area contributed by atoms with Gasteiger partial charge in [-0.15, -0.1) is 0 Å². The number of rotatable bonds is 1. The molecule has 2 nitrogen and oxygen atoms in total. The molecule has 22 heavy (non-hydrogen) atoms. The molecule has 1 aromatic carbocycles. The third-order valence-electron chi connectivity index (χ3n) is 6.48. The quantitative estimate of drug-likeness (QED) is 0.832. The van der Waals surface area contributed by atoms with Gasteiger partial charge < -0.3 is 5.11 Å². The first-order valence-electron chi connectivity index (χ1n) is 8.53. The van der Waals surface area contributed by atoms with Gasteiger partial charge in [0, 0.05) is 12.0 Å². The van der Waals surface area contributed by atoms with Crippen LogP contribution < -0.4 is 0 Å². The molecule has 3 atom stereocenters. The number of carbonyl (C=O) groups is 1. The average Bonchev–Trinajstić information content (AvgIpc) is 2.46. The van der Waals surface area contributed by atoms with Gasteiger partial charge in [0.1, 0.15) is 0 Å². The first-order valence-corrected chi connectivity index (χ1v) is 8.53. The summed E-state index contributed by atoms with van der Waals surface area (Å²) in [4.78, 5) is 12.8. The van der Waals surface area contributed by atoms with Gasteiger partial charge in [-0.05, 0) is 52.7 Å². The highest BCUT2D eigenvalue weighted by molar-refractivity contribution is 5.99. The van der Waals surface area contributed by atoms with E-state index in [-0.39, 0.29) is 28.6 Å². The van der Waals surface area contributed by atoms with Crippen molar-refractivity contribution in [2.75, 3.05) is 0 Å². The summed E-state index contributed by atoms with van der Waals surface area (Å²) in [5.74, 6) is 0.907. The van der Waals surface area contributed by atoms with E-state index in [2.05, 4.69) is 52.8 Å². The molecule has 1 aromatic rings. The van der Waals surface area contributed by atoms with E-state index in [1.165, 1.54) is 11.1 Å². The lowest BCUT2D eigenvalue weighted by Gasteiger charge is -2.55. The van der Waals surface area contributed by atoms with Gasteiger partial charge in [0.15, 0.2) is 5.78 Å². The molecule has 0 aromatic heterocycles. The predicted octanol–water partition coefficient (Wildman–Crippen LogP) is 4.45. The number of carbonyl (C=O) groups excluding carboxylic acids is 1. The molecule has 1 unspecified atom stereocenters. The molecule has 0 amide bonds. The van der Waals surface area contributed by atoms with Crippen LogP contribution in [0.2, 0.25) is 0 Å². The molecule has 0 saturated heterocycles. The Kier molecular flexibility index (Phi) is 3.52. The Hall–Kier alpha value is -1.15. The molecule has 1 saturated carbocycles. The van der Waals surface area contributed by atoms with Crippen LogP contribution in [0.25, 0.3) is 0 Å². The SMILES string of the molecule is CC(C)c1ccc2c(c1)C(=O)CC1C(C)(C)[C@@H](O)CC[C@]21C. The lowest BCUT2D eigenvalue weighted by atomic mass is 9.49. The summed E-state index contributed by atoms with van der Waals surface area (Å²) < 4.78 is 0. The van der Waals surface area contributed by atoms with Crippen LogP contribution in [0.5, 0.6) is 0 Å². The number of fused-ring (bicyclic) bond motifs is 3. The van der Waals surface area contributed by atoms with Crippen molar-refractivity contribution in [2.45, 2.75) is 71.3 Å². The molecular formula is C20H28O2. The maximum atomic E-state index is 12.8. The third-order valence-corrected chi connectivity index (χ3v) is 6.48. The average molecular weight is 300 g/mol. The van der Waals surface area contributed by atoms with Crippen LogP contribution in [-0.4, -0.2) is 17.0 Å². The minimum Gasteiger partial charge on any atom is -0.393 e. The van der Waals surface area contributed by atoms with Crippen molar-refractivity contribution >= 4 is 5.78 Å². The first kappa shape index (κ1) is 15.7. The smallest absolute Gasteiger partial charge is 0.163 e. The number of aliphatic hydroxyl groups excluding tert-OH is 1. The van der Waals surface area contributed by atoms with Crippen LogP contribution in [0.4, 0.5) is 0 Å². The number of benzene rings is 1. The zero-order valence-corrected chi connectivity index (χ0v) is 14.4. The number of aliphatic hydroxyl groups is 1. The van der Waals surface area contributed by atoms with Crippen LogP contribution in [0.15, 0.2) is 18.2 Å². The minimum atomic E-state index is -0.310. The van der Waals surface area contributed by atoms with Gasteiger partial charge in [-0.3, -0.25) is 4.79 Å². The van der Waals surface area contributed by atoms with Gasteiger partial charge in [-0.25, -0.2) is 0 Å². The largest absolute Gasteiger partial charge is 0.393 e. The number of hydrogen-bond acceptors (Lipinski definition) is 2. The van der Waals surface area contributed by atoms with E-state index in [0.29, 0.717) is 12.3 Å². The van der Waals surface area contributed by atoms with Crippen molar-refractivity contribution in [1.29, 1.82) is 0 Å². The van der Waals surface area contributed by atoms with Crippen LogP contribution in [-0.2, 0) is 5.41 Å². The van der Waals surface area contributed by atoms with E-state index < -0.39 is 0 Å². The molecule has 1 N–H and O–H groups in total. The van der Waals surface area contributed by atoms with Crippen LogP contribution in [0.3, 0.4) is 0 Å². The van der Waals surface area contributed by atoms with Gasteiger partial charge >= 0.3 is 0 Å². The summed E-state index contributed by atoms with van der Waals surface area (Å²) in [5.41, 5.74) is 3.16. The first-order chi connectivity index (χ1) is 10.2. The fraction of sp³-hybridized carbons (Fsp3) is 0.650. The predicted molar refractivity (Wildman–Crippen MR) is 89.3 cm³/mol. The molecule has 2 heteroatoms.